The van der Waals surface area contributed by atoms with Gasteiger partial charge in [0.05, 0.1) is 19.1 Å². The van der Waals surface area contributed by atoms with Crippen LogP contribution < -0.4 is 0 Å². The van der Waals surface area contributed by atoms with Gasteiger partial charge >= 0.3 is 5.97 Å². The molecule has 0 aliphatic rings. The van der Waals surface area contributed by atoms with Crippen LogP contribution in [0.1, 0.15) is 21.5 Å². The molecular formula is C16H14O4. The molecule has 0 bridgehead atoms. The molecule has 2 aromatic rings. The van der Waals surface area contributed by atoms with Gasteiger partial charge in [0.2, 0.25) is 0 Å². The summed E-state index contributed by atoms with van der Waals surface area (Å²) in [5, 5.41) is 10.1. The molecular weight excluding hydrogens is 256 g/mol. The highest BCUT2D eigenvalue weighted by Crippen LogP contribution is 2.25. The molecule has 0 aliphatic carbocycles. The lowest BCUT2D eigenvalue weighted by atomic mass is 9.99. The molecule has 0 fully saturated rings. The van der Waals surface area contributed by atoms with Crippen LogP contribution in [-0.4, -0.2) is 24.0 Å². The normalized spacial score (nSPS) is 10.1. The number of carbonyl (C=O) groups is 2. The molecule has 0 saturated heterocycles. The molecule has 102 valence electrons. The van der Waals surface area contributed by atoms with Crippen LogP contribution in [0.5, 0.6) is 5.75 Å². The van der Waals surface area contributed by atoms with Crippen molar-refractivity contribution in [1.82, 2.24) is 0 Å². The average Bonchev–Trinajstić information content (AvgIpc) is 2.49. The van der Waals surface area contributed by atoms with Crippen molar-refractivity contribution in [2.24, 2.45) is 0 Å². The first-order chi connectivity index (χ1) is 9.63. The summed E-state index contributed by atoms with van der Waals surface area (Å²) in [4.78, 5) is 23.6. The SMILES string of the molecule is COC(=O)Cc1cccc(C(=O)c2ccccc2)c1O. The third-order valence-corrected chi connectivity index (χ3v) is 2.96. The van der Waals surface area contributed by atoms with Crippen LogP contribution in [0.3, 0.4) is 0 Å². The third kappa shape index (κ3) is 2.85. The Morgan fingerprint density at radius 3 is 2.40 bits per heavy atom. The van der Waals surface area contributed by atoms with Gasteiger partial charge in [-0.1, -0.05) is 42.5 Å². The van der Waals surface area contributed by atoms with E-state index in [1.54, 1.807) is 36.4 Å². The number of phenols is 1. The number of carbonyl (C=O) groups excluding carboxylic acids is 2. The van der Waals surface area contributed by atoms with Crippen LogP contribution >= 0.6 is 0 Å². The fraction of sp³-hybridized carbons (Fsp3) is 0.125. The zero-order valence-corrected chi connectivity index (χ0v) is 11.0. The van der Waals surface area contributed by atoms with E-state index in [0.29, 0.717) is 11.1 Å². The van der Waals surface area contributed by atoms with Crippen molar-refractivity contribution in [3.05, 3.63) is 65.2 Å². The number of para-hydroxylation sites is 1. The Balaban J connectivity index is 2.36. The summed E-state index contributed by atoms with van der Waals surface area (Å²) in [7, 11) is 1.28. The number of rotatable bonds is 4. The van der Waals surface area contributed by atoms with Crippen molar-refractivity contribution < 1.29 is 19.4 Å². The molecule has 0 amide bonds. The van der Waals surface area contributed by atoms with Gasteiger partial charge in [0.15, 0.2) is 5.78 Å². The number of phenolic OH excluding ortho intramolecular Hbond substituents is 1. The number of methoxy groups -OCH3 is 1. The van der Waals surface area contributed by atoms with Gasteiger partial charge in [-0.15, -0.1) is 0 Å². The van der Waals surface area contributed by atoms with Gasteiger partial charge in [-0.2, -0.15) is 0 Å². The van der Waals surface area contributed by atoms with Crippen molar-refractivity contribution in [2.75, 3.05) is 7.11 Å². The maximum absolute atomic E-state index is 12.3. The molecule has 0 spiro atoms. The summed E-state index contributed by atoms with van der Waals surface area (Å²) in [6.07, 6.45) is -0.0712. The zero-order chi connectivity index (χ0) is 14.5. The molecule has 4 nitrogen and oxygen atoms in total. The lowest BCUT2D eigenvalue weighted by molar-refractivity contribution is -0.139. The number of ether oxygens (including phenoxy) is 1. The van der Waals surface area contributed by atoms with Crippen molar-refractivity contribution in [3.63, 3.8) is 0 Å². The largest absolute Gasteiger partial charge is 0.507 e. The Labute approximate surface area is 116 Å². The topological polar surface area (TPSA) is 63.6 Å². The lowest BCUT2D eigenvalue weighted by Gasteiger charge is -2.08. The van der Waals surface area contributed by atoms with Crippen molar-refractivity contribution in [1.29, 1.82) is 0 Å². The highest BCUT2D eigenvalue weighted by molar-refractivity contribution is 6.10. The quantitative estimate of drug-likeness (QED) is 0.684. The van der Waals surface area contributed by atoms with Crippen LogP contribution in [0, 0.1) is 0 Å². The van der Waals surface area contributed by atoms with Crippen LogP contribution in [0.25, 0.3) is 0 Å². The van der Waals surface area contributed by atoms with E-state index in [0.717, 1.165) is 0 Å². The smallest absolute Gasteiger partial charge is 0.310 e. The maximum Gasteiger partial charge on any atom is 0.310 e. The second-order valence-electron chi connectivity index (χ2n) is 4.26. The Bertz CT molecular complexity index is 632. The van der Waals surface area contributed by atoms with Gasteiger partial charge in [-0.25, -0.2) is 0 Å². The summed E-state index contributed by atoms with van der Waals surface area (Å²) >= 11 is 0. The molecule has 2 aromatic carbocycles. The Morgan fingerprint density at radius 2 is 1.75 bits per heavy atom. The number of ketones is 1. The monoisotopic (exact) mass is 270 g/mol. The van der Waals surface area contributed by atoms with Gasteiger partial charge in [0.1, 0.15) is 5.75 Å². The summed E-state index contributed by atoms with van der Waals surface area (Å²) in [6, 6.07) is 13.4. The van der Waals surface area contributed by atoms with E-state index in [2.05, 4.69) is 4.74 Å². The first-order valence-corrected chi connectivity index (χ1v) is 6.11. The molecule has 1 N–H and O–H groups in total. The molecule has 0 atom stereocenters. The number of aromatic hydroxyl groups is 1. The van der Waals surface area contributed by atoms with Crippen molar-refractivity contribution in [3.8, 4) is 5.75 Å². The molecule has 0 heterocycles. The van der Waals surface area contributed by atoms with Crippen LogP contribution in [-0.2, 0) is 16.0 Å². The van der Waals surface area contributed by atoms with E-state index in [1.807, 2.05) is 6.07 Å². The lowest BCUT2D eigenvalue weighted by Crippen LogP contribution is -2.07. The maximum atomic E-state index is 12.3. The molecule has 2 rings (SSSR count). The van der Waals surface area contributed by atoms with Gasteiger partial charge in [0, 0.05) is 11.1 Å². The van der Waals surface area contributed by atoms with Gasteiger partial charge in [-0.3, -0.25) is 9.59 Å². The standard InChI is InChI=1S/C16H14O4/c1-20-14(17)10-12-8-5-9-13(16(12)19)15(18)11-6-3-2-4-7-11/h2-9,19H,10H2,1H3. The fourth-order valence-electron chi connectivity index (χ4n) is 1.89. The van der Waals surface area contributed by atoms with Gasteiger partial charge < -0.3 is 9.84 Å². The van der Waals surface area contributed by atoms with E-state index >= 15 is 0 Å². The van der Waals surface area contributed by atoms with E-state index in [9.17, 15) is 14.7 Å². The summed E-state index contributed by atoms with van der Waals surface area (Å²) < 4.78 is 4.56. The molecule has 0 radical (unpaired) electrons. The predicted octanol–water partition coefficient (Wildman–Crippen LogP) is 2.34. The second-order valence-corrected chi connectivity index (χ2v) is 4.26. The first kappa shape index (κ1) is 13.8. The molecule has 0 aromatic heterocycles. The Hall–Kier alpha value is -2.62. The highest BCUT2D eigenvalue weighted by Gasteiger charge is 2.17. The molecule has 0 saturated carbocycles. The average molecular weight is 270 g/mol. The summed E-state index contributed by atoms with van der Waals surface area (Å²) in [6.45, 7) is 0. The van der Waals surface area contributed by atoms with Crippen molar-refractivity contribution >= 4 is 11.8 Å². The van der Waals surface area contributed by atoms with E-state index in [-0.39, 0.29) is 23.5 Å². The minimum atomic E-state index is -0.468. The highest BCUT2D eigenvalue weighted by atomic mass is 16.5. The number of hydrogen-bond acceptors (Lipinski definition) is 4. The minimum Gasteiger partial charge on any atom is -0.507 e. The van der Waals surface area contributed by atoms with Crippen LogP contribution in [0.2, 0.25) is 0 Å². The number of benzene rings is 2. The molecule has 0 unspecified atom stereocenters. The fourth-order valence-corrected chi connectivity index (χ4v) is 1.89. The van der Waals surface area contributed by atoms with E-state index < -0.39 is 5.97 Å². The molecule has 4 heteroatoms. The first-order valence-electron chi connectivity index (χ1n) is 6.11. The molecule has 0 aliphatic heterocycles. The summed E-state index contributed by atoms with van der Waals surface area (Å²) in [5.41, 5.74) is 1.04. The zero-order valence-electron chi connectivity index (χ0n) is 11.0. The second kappa shape index (κ2) is 6.02. The predicted molar refractivity (Wildman–Crippen MR) is 73.7 cm³/mol. The Morgan fingerprint density at radius 1 is 1.05 bits per heavy atom. The van der Waals surface area contributed by atoms with Crippen LogP contribution in [0.4, 0.5) is 0 Å². The summed E-state index contributed by atoms with van der Waals surface area (Å²) in [5.74, 6) is -0.925. The molecule has 20 heavy (non-hydrogen) atoms. The van der Waals surface area contributed by atoms with Gasteiger partial charge in [-0.05, 0) is 6.07 Å². The van der Waals surface area contributed by atoms with Crippen molar-refractivity contribution in [2.45, 2.75) is 6.42 Å². The van der Waals surface area contributed by atoms with Gasteiger partial charge in [0.25, 0.3) is 0 Å². The Kier molecular flexibility index (Phi) is 4.15. The van der Waals surface area contributed by atoms with E-state index in [1.165, 1.54) is 13.2 Å². The van der Waals surface area contributed by atoms with E-state index in [4.69, 9.17) is 0 Å². The van der Waals surface area contributed by atoms with Crippen LogP contribution in [0.15, 0.2) is 48.5 Å². The minimum absolute atomic E-state index is 0.0712. The number of hydrogen-bond donors (Lipinski definition) is 1. The number of esters is 1. The third-order valence-electron chi connectivity index (χ3n) is 2.96.